The fourth-order valence-electron chi connectivity index (χ4n) is 2.85. The molecule has 0 spiro atoms. The molecule has 0 saturated carbocycles. The van der Waals surface area contributed by atoms with Crippen LogP contribution in [0.4, 0.5) is 0 Å². The molecule has 1 aromatic heterocycles. The van der Waals surface area contributed by atoms with Crippen LogP contribution >= 0.6 is 0 Å². The maximum atomic E-state index is 12.0. The first-order valence-corrected chi connectivity index (χ1v) is 5.76. The summed E-state index contributed by atoms with van der Waals surface area (Å²) in [6.45, 7) is 0. The summed E-state index contributed by atoms with van der Waals surface area (Å²) >= 11 is 0. The van der Waals surface area contributed by atoms with Crippen molar-refractivity contribution in [3.8, 4) is 0 Å². The van der Waals surface area contributed by atoms with Crippen molar-refractivity contribution < 1.29 is 9.21 Å². The summed E-state index contributed by atoms with van der Waals surface area (Å²) < 4.78 is 5.28. The van der Waals surface area contributed by atoms with Gasteiger partial charge in [0.15, 0.2) is 5.78 Å². The number of fused-ring (bicyclic) bond motifs is 2. The van der Waals surface area contributed by atoms with Gasteiger partial charge in [0.2, 0.25) is 0 Å². The van der Waals surface area contributed by atoms with Crippen LogP contribution in [0.3, 0.4) is 0 Å². The van der Waals surface area contributed by atoms with Crippen LogP contribution in [0.15, 0.2) is 28.4 Å². The Hall–Kier alpha value is -1.35. The highest BCUT2D eigenvalue weighted by molar-refractivity contribution is 6.01. The third-order valence-electron chi connectivity index (χ3n) is 3.78. The molecule has 3 rings (SSSR count). The number of hydrogen-bond donors (Lipinski definition) is 0. The van der Waals surface area contributed by atoms with Crippen LogP contribution in [-0.2, 0) is 4.79 Å². The summed E-state index contributed by atoms with van der Waals surface area (Å²) in [5.41, 5.74) is 0.922. The molecule has 84 valence electrons. The van der Waals surface area contributed by atoms with Crippen LogP contribution in [0.1, 0.15) is 25.0 Å². The molecule has 0 amide bonds. The molecule has 2 unspecified atom stereocenters. The molecule has 3 nitrogen and oxygen atoms in total. The highest BCUT2D eigenvalue weighted by Crippen LogP contribution is 2.36. The Kier molecular flexibility index (Phi) is 2.21. The van der Waals surface area contributed by atoms with Crippen LogP contribution < -0.4 is 0 Å². The predicted molar refractivity (Wildman–Crippen MR) is 60.9 cm³/mol. The third kappa shape index (κ3) is 1.43. The van der Waals surface area contributed by atoms with Gasteiger partial charge in [-0.15, -0.1) is 0 Å². The molecule has 0 aliphatic carbocycles. The summed E-state index contributed by atoms with van der Waals surface area (Å²) in [6.07, 6.45) is 6.45. The van der Waals surface area contributed by atoms with Gasteiger partial charge in [-0.25, -0.2) is 0 Å². The van der Waals surface area contributed by atoms with E-state index in [4.69, 9.17) is 4.42 Å². The molecule has 2 atom stereocenters. The van der Waals surface area contributed by atoms with E-state index >= 15 is 0 Å². The highest BCUT2D eigenvalue weighted by Gasteiger charge is 2.41. The van der Waals surface area contributed by atoms with Crippen molar-refractivity contribution in [2.45, 2.75) is 31.3 Å². The number of piperidine rings is 1. The molecule has 2 saturated heterocycles. The number of furan rings is 1. The largest absolute Gasteiger partial charge is 0.465 e. The minimum Gasteiger partial charge on any atom is -0.465 e. The van der Waals surface area contributed by atoms with Gasteiger partial charge in [0.25, 0.3) is 0 Å². The number of Topliss-reactive ketones (excluding diaryl/α,β-unsaturated/α-hetero) is 1. The monoisotopic (exact) mass is 217 g/mol. The van der Waals surface area contributed by atoms with Gasteiger partial charge >= 0.3 is 0 Å². The minimum absolute atomic E-state index is 0.294. The van der Waals surface area contributed by atoms with Crippen molar-refractivity contribution in [3.05, 3.63) is 29.7 Å². The zero-order valence-corrected chi connectivity index (χ0v) is 9.35. The number of ketones is 1. The number of nitrogens with zero attached hydrogens (tertiary/aromatic N) is 1. The van der Waals surface area contributed by atoms with Gasteiger partial charge in [-0.1, -0.05) is 0 Å². The second-order valence-electron chi connectivity index (χ2n) is 4.65. The van der Waals surface area contributed by atoms with Gasteiger partial charge in [0, 0.05) is 24.1 Å². The molecule has 16 heavy (non-hydrogen) atoms. The van der Waals surface area contributed by atoms with E-state index in [0.717, 1.165) is 24.2 Å². The zero-order valence-electron chi connectivity index (χ0n) is 9.35. The molecule has 3 heterocycles. The van der Waals surface area contributed by atoms with Crippen molar-refractivity contribution in [2.24, 2.45) is 0 Å². The summed E-state index contributed by atoms with van der Waals surface area (Å²) in [7, 11) is 2.12. The third-order valence-corrected chi connectivity index (χ3v) is 3.78. The van der Waals surface area contributed by atoms with E-state index < -0.39 is 0 Å². The standard InChI is InChI=1S/C13H15NO2/c1-14-9-4-5-12(14)11(13(15)7-9)8-10-3-2-6-16-10/h2-3,6,8-9,12H,4-5,7H2,1H3/b11-8+. The van der Waals surface area contributed by atoms with Gasteiger partial charge < -0.3 is 4.42 Å². The average molecular weight is 217 g/mol. The van der Waals surface area contributed by atoms with Crippen molar-refractivity contribution in [3.63, 3.8) is 0 Å². The van der Waals surface area contributed by atoms with E-state index in [-0.39, 0.29) is 0 Å². The van der Waals surface area contributed by atoms with Crippen LogP contribution in [0.25, 0.3) is 6.08 Å². The predicted octanol–water partition coefficient (Wildman–Crippen LogP) is 2.10. The summed E-state index contributed by atoms with van der Waals surface area (Å²) in [5.74, 6) is 1.07. The Balaban J connectivity index is 1.97. The lowest BCUT2D eigenvalue weighted by molar-refractivity contribution is -0.118. The average Bonchev–Trinajstić information content (AvgIpc) is 2.83. The van der Waals surface area contributed by atoms with Gasteiger partial charge in [0.1, 0.15) is 5.76 Å². The summed E-state index contributed by atoms with van der Waals surface area (Å²) in [5, 5.41) is 0. The normalized spacial score (nSPS) is 32.6. The molecule has 0 aromatic carbocycles. The van der Waals surface area contributed by atoms with Crippen molar-refractivity contribution in [1.82, 2.24) is 4.90 Å². The smallest absolute Gasteiger partial charge is 0.162 e. The molecule has 0 radical (unpaired) electrons. The SMILES string of the molecule is CN1C2CCC1/C(=C\c1ccco1)C(=O)C2. The second-order valence-corrected chi connectivity index (χ2v) is 4.65. The fraction of sp³-hybridized carbons (Fsp3) is 0.462. The van der Waals surface area contributed by atoms with Crippen LogP contribution in [0, 0.1) is 0 Å². The molecule has 2 bridgehead atoms. The number of likely N-dealkylation sites (N-methyl/N-ethyl adjacent to an activating group) is 1. The van der Waals surface area contributed by atoms with E-state index in [1.54, 1.807) is 6.26 Å². The first-order chi connectivity index (χ1) is 7.75. The Morgan fingerprint density at radius 1 is 1.50 bits per heavy atom. The maximum absolute atomic E-state index is 12.0. The Morgan fingerprint density at radius 3 is 3.12 bits per heavy atom. The molecule has 2 aliphatic rings. The van der Waals surface area contributed by atoms with Crippen molar-refractivity contribution in [2.75, 3.05) is 7.05 Å². The first kappa shape index (κ1) is 9.85. The Morgan fingerprint density at radius 2 is 2.38 bits per heavy atom. The van der Waals surface area contributed by atoms with Gasteiger partial charge in [-0.05, 0) is 38.1 Å². The van der Waals surface area contributed by atoms with Gasteiger partial charge in [0.05, 0.1) is 6.26 Å². The first-order valence-electron chi connectivity index (χ1n) is 5.76. The molecule has 0 N–H and O–H groups in total. The van der Waals surface area contributed by atoms with E-state index in [9.17, 15) is 4.79 Å². The summed E-state index contributed by atoms with van der Waals surface area (Å²) in [6, 6.07) is 4.50. The van der Waals surface area contributed by atoms with Crippen LogP contribution in [0.2, 0.25) is 0 Å². The zero-order chi connectivity index (χ0) is 11.1. The lowest BCUT2D eigenvalue weighted by Crippen LogP contribution is -2.41. The van der Waals surface area contributed by atoms with Crippen LogP contribution in [0.5, 0.6) is 0 Å². The quantitative estimate of drug-likeness (QED) is 0.675. The highest BCUT2D eigenvalue weighted by atomic mass is 16.3. The molecule has 1 aromatic rings. The molecule has 2 aliphatic heterocycles. The molecule has 2 fully saturated rings. The fourth-order valence-corrected chi connectivity index (χ4v) is 2.85. The second kappa shape index (κ2) is 3.59. The van der Waals surface area contributed by atoms with Crippen molar-refractivity contribution in [1.29, 1.82) is 0 Å². The molecule has 3 heteroatoms. The molecular weight excluding hydrogens is 202 g/mol. The summed E-state index contributed by atoms with van der Waals surface area (Å²) in [4.78, 5) is 14.3. The van der Waals surface area contributed by atoms with E-state index in [1.807, 2.05) is 18.2 Å². The van der Waals surface area contributed by atoms with E-state index in [2.05, 4.69) is 11.9 Å². The van der Waals surface area contributed by atoms with E-state index in [0.29, 0.717) is 24.3 Å². The molecular formula is C13H15NO2. The lowest BCUT2D eigenvalue weighted by atomic mass is 9.95. The van der Waals surface area contributed by atoms with Gasteiger partial charge in [-0.2, -0.15) is 0 Å². The maximum Gasteiger partial charge on any atom is 0.162 e. The topological polar surface area (TPSA) is 33.5 Å². The van der Waals surface area contributed by atoms with E-state index in [1.165, 1.54) is 0 Å². The Bertz CT molecular complexity index is 433. The number of rotatable bonds is 1. The van der Waals surface area contributed by atoms with Crippen molar-refractivity contribution >= 4 is 11.9 Å². The van der Waals surface area contributed by atoms with Crippen LogP contribution in [-0.4, -0.2) is 29.8 Å². The minimum atomic E-state index is 0.294. The number of carbonyl (C=O) groups excluding carboxylic acids is 1. The Labute approximate surface area is 94.7 Å². The number of hydrogen-bond acceptors (Lipinski definition) is 3. The number of carbonyl (C=O) groups is 1. The lowest BCUT2D eigenvalue weighted by Gasteiger charge is -2.32. The van der Waals surface area contributed by atoms with Gasteiger partial charge in [-0.3, -0.25) is 9.69 Å².